The Morgan fingerprint density at radius 2 is 1.40 bits per heavy atom. The molecular weight excluding hydrogens is 363 g/mol. The van der Waals surface area contributed by atoms with Gasteiger partial charge in [0.25, 0.3) is 0 Å². The lowest BCUT2D eigenvalue weighted by Gasteiger charge is -2.23. The van der Waals surface area contributed by atoms with E-state index in [1.165, 1.54) is 0 Å². The molecule has 1 aromatic rings. The molecule has 10 heteroatoms. The molecule has 1 aromatic carbocycles. The second kappa shape index (κ2) is 7.71. The molecule has 6 nitrogen and oxygen atoms in total. The standard InChI is InChI=1S/C14H22NO2.CHF3O3S/c1-14(2,3)17-13(16)11-7-9-12(10-8-11)15(4,5)6;2-1(3,4)8(5,6)7/h7-10H,1-6H3;(H,5,6,7)/q+1;/p-1. The van der Waals surface area contributed by atoms with Crippen molar-refractivity contribution in [3.63, 3.8) is 0 Å². The minimum absolute atomic E-state index is 0.273. The van der Waals surface area contributed by atoms with Gasteiger partial charge < -0.3 is 9.29 Å². The van der Waals surface area contributed by atoms with Gasteiger partial charge in [0.15, 0.2) is 10.1 Å². The lowest BCUT2D eigenvalue weighted by Crippen LogP contribution is -2.34. The van der Waals surface area contributed by atoms with E-state index in [1.807, 2.05) is 45.0 Å². The molecular formula is C15H22F3NO5S. The van der Waals surface area contributed by atoms with Crippen LogP contribution in [0, 0.1) is 0 Å². The number of alkyl halides is 3. The van der Waals surface area contributed by atoms with Gasteiger partial charge in [-0.15, -0.1) is 0 Å². The molecule has 0 spiro atoms. The van der Waals surface area contributed by atoms with Crippen LogP contribution in [0.5, 0.6) is 0 Å². The Morgan fingerprint density at radius 1 is 1.04 bits per heavy atom. The zero-order chi connectivity index (χ0) is 20.3. The van der Waals surface area contributed by atoms with Crippen LogP contribution in [0.15, 0.2) is 24.3 Å². The molecule has 0 heterocycles. The summed E-state index contributed by atoms with van der Waals surface area (Å²) in [6.45, 7) is 5.60. The molecule has 0 saturated carbocycles. The monoisotopic (exact) mass is 385 g/mol. The zero-order valence-corrected chi connectivity index (χ0v) is 15.7. The molecule has 0 aliphatic rings. The predicted molar refractivity (Wildman–Crippen MR) is 86.9 cm³/mol. The molecule has 0 saturated heterocycles. The summed E-state index contributed by atoms with van der Waals surface area (Å²) >= 11 is 0. The van der Waals surface area contributed by atoms with Crippen LogP contribution in [0.4, 0.5) is 18.9 Å². The molecule has 0 bridgehead atoms. The van der Waals surface area contributed by atoms with Gasteiger partial charge in [-0.25, -0.2) is 13.2 Å². The van der Waals surface area contributed by atoms with Crippen LogP contribution in [0.2, 0.25) is 0 Å². The summed E-state index contributed by atoms with van der Waals surface area (Å²) in [5.41, 5.74) is -4.35. The third-order valence-corrected chi connectivity index (χ3v) is 3.13. The van der Waals surface area contributed by atoms with Crippen LogP contribution in [0.1, 0.15) is 31.1 Å². The minimum Gasteiger partial charge on any atom is -0.741 e. The Kier molecular flexibility index (Phi) is 7.20. The van der Waals surface area contributed by atoms with Crippen LogP contribution < -0.4 is 4.48 Å². The predicted octanol–water partition coefficient (Wildman–Crippen LogP) is 2.89. The van der Waals surface area contributed by atoms with E-state index in [9.17, 15) is 18.0 Å². The van der Waals surface area contributed by atoms with E-state index in [4.69, 9.17) is 17.7 Å². The first kappa shape index (κ1) is 23.4. The SMILES string of the molecule is CC(C)(C)OC(=O)c1ccc([N+](C)(C)C)cc1.O=S(=O)([O-])C(F)(F)F. The molecule has 1 rings (SSSR count). The van der Waals surface area contributed by atoms with Crippen molar-refractivity contribution in [3.8, 4) is 0 Å². The Bertz CT molecular complexity index is 684. The largest absolute Gasteiger partial charge is 0.741 e. The number of rotatable bonds is 2. The normalized spacial score (nSPS) is 12.9. The number of benzene rings is 1. The van der Waals surface area contributed by atoms with Crippen molar-refractivity contribution in [2.75, 3.05) is 21.1 Å². The van der Waals surface area contributed by atoms with E-state index >= 15 is 0 Å². The molecule has 0 amide bonds. The number of carbonyl (C=O) groups excluding carboxylic acids is 1. The number of nitrogens with zero attached hydrogens (tertiary/aromatic N) is 1. The Labute approximate surface area is 145 Å². The third-order valence-electron chi connectivity index (χ3n) is 2.56. The Hall–Kier alpha value is -1.65. The number of carbonyl (C=O) groups is 1. The fourth-order valence-electron chi connectivity index (χ4n) is 1.38. The summed E-state index contributed by atoms with van der Waals surface area (Å²) in [4.78, 5) is 11.8. The van der Waals surface area contributed by atoms with Crippen LogP contribution >= 0.6 is 0 Å². The van der Waals surface area contributed by atoms with Crippen molar-refractivity contribution >= 4 is 21.8 Å². The van der Waals surface area contributed by atoms with E-state index in [2.05, 4.69) is 21.1 Å². The van der Waals surface area contributed by atoms with Crippen molar-refractivity contribution < 1.29 is 35.7 Å². The summed E-state index contributed by atoms with van der Waals surface area (Å²) in [6.07, 6.45) is 0. The fraction of sp³-hybridized carbons (Fsp3) is 0.533. The van der Waals surface area contributed by atoms with E-state index in [-0.39, 0.29) is 5.97 Å². The highest BCUT2D eigenvalue weighted by Gasteiger charge is 2.36. The van der Waals surface area contributed by atoms with Gasteiger partial charge in [0.1, 0.15) is 11.3 Å². The smallest absolute Gasteiger partial charge is 0.485 e. The van der Waals surface area contributed by atoms with Crippen molar-refractivity contribution in [1.29, 1.82) is 0 Å². The number of halogens is 3. The van der Waals surface area contributed by atoms with Gasteiger partial charge in [0, 0.05) is 0 Å². The molecule has 0 aliphatic carbocycles. The van der Waals surface area contributed by atoms with Crippen molar-refractivity contribution in [1.82, 2.24) is 4.48 Å². The first-order valence-corrected chi connectivity index (χ1v) is 8.43. The quantitative estimate of drug-likeness (QED) is 0.338. The number of hydrogen-bond donors (Lipinski definition) is 0. The van der Waals surface area contributed by atoms with Crippen LogP contribution in [0.3, 0.4) is 0 Å². The lowest BCUT2D eigenvalue weighted by molar-refractivity contribution is -0.0518. The Balaban J connectivity index is 0.000000609. The number of quaternary nitrogens is 1. The summed E-state index contributed by atoms with van der Waals surface area (Å²) in [5.74, 6) is -0.273. The van der Waals surface area contributed by atoms with E-state index in [0.717, 1.165) is 10.2 Å². The molecule has 0 atom stereocenters. The highest BCUT2D eigenvalue weighted by Crippen LogP contribution is 2.20. The van der Waals surface area contributed by atoms with Crippen molar-refractivity contribution in [2.45, 2.75) is 31.9 Å². The first-order valence-electron chi connectivity index (χ1n) is 7.02. The van der Waals surface area contributed by atoms with Gasteiger partial charge in [-0.3, -0.25) is 4.48 Å². The molecule has 25 heavy (non-hydrogen) atoms. The average molecular weight is 385 g/mol. The maximum atomic E-state index is 11.8. The average Bonchev–Trinajstić information content (AvgIpc) is 2.34. The second-order valence-corrected chi connectivity index (χ2v) is 8.33. The lowest BCUT2D eigenvalue weighted by atomic mass is 10.1. The summed E-state index contributed by atoms with van der Waals surface area (Å²) < 4.78 is 64.9. The highest BCUT2D eigenvalue weighted by atomic mass is 32.2. The summed E-state index contributed by atoms with van der Waals surface area (Å²) in [7, 11) is 0.167. The molecule has 0 N–H and O–H groups in total. The zero-order valence-electron chi connectivity index (χ0n) is 14.8. The molecule has 0 aliphatic heterocycles. The number of esters is 1. The van der Waals surface area contributed by atoms with Gasteiger partial charge in [0.2, 0.25) is 0 Å². The second-order valence-electron chi connectivity index (χ2n) is 6.96. The number of hydrogen-bond acceptors (Lipinski definition) is 5. The number of ether oxygens (including phenoxy) is 1. The van der Waals surface area contributed by atoms with Crippen LogP contribution in [0.25, 0.3) is 0 Å². The summed E-state index contributed by atoms with van der Waals surface area (Å²) in [6, 6.07) is 7.54. The van der Waals surface area contributed by atoms with Gasteiger partial charge in [-0.05, 0) is 45.0 Å². The Morgan fingerprint density at radius 3 is 1.64 bits per heavy atom. The maximum Gasteiger partial charge on any atom is 0.485 e. The van der Waals surface area contributed by atoms with Gasteiger partial charge in [-0.2, -0.15) is 13.2 Å². The minimum atomic E-state index is -6.09. The maximum absolute atomic E-state index is 11.8. The van der Waals surface area contributed by atoms with Gasteiger partial charge in [-0.1, -0.05) is 0 Å². The highest BCUT2D eigenvalue weighted by molar-refractivity contribution is 7.86. The molecule has 144 valence electrons. The topological polar surface area (TPSA) is 83.5 Å². The fourth-order valence-corrected chi connectivity index (χ4v) is 1.38. The molecule has 0 fully saturated rings. The van der Waals surface area contributed by atoms with E-state index in [1.54, 1.807) is 0 Å². The van der Waals surface area contributed by atoms with E-state index in [0.29, 0.717) is 5.56 Å². The third kappa shape index (κ3) is 8.84. The summed E-state index contributed by atoms with van der Waals surface area (Å²) in [5, 5.41) is 0. The van der Waals surface area contributed by atoms with E-state index < -0.39 is 21.2 Å². The van der Waals surface area contributed by atoms with Crippen LogP contribution in [-0.4, -0.2) is 51.2 Å². The molecule has 0 aromatic heterocycles. The molecule has 0 radical (unpaired) electrons. The molecule has 0 unspecified atom stereocenters. The first-order chi connectivity index (χ1) is 10.8. The van der Waals surface area contributed by atoms with Gasteiger partial charge >= 0.3 is 11.5 Å². The van der Waals surface area contributed by atoms with Crippen LogP contribution in [-0.2, 0) is 14.9 Å². The van der Waals surface area contributed by atoms with Gasteiger partial charge in [0.05, 0.1) is 26.7 Å². The van der Waals surface area contributed by atoms with Crippen molar-refractivity contribution in [3.05, 3.63) is 29.8 Å². The van der Waals surface area contributed by atoms with Crippen molar-refractivity contribution in [2.24, 2.45) is 0 Å².